The van der Waals surface area contributed by atoms with Crippen LogP contribution in [0, 0.1) is 0 Å². The monoisotopic (exact) mass is 472 g/mol. The third-order valence-electron chi connectivity index (χ3n) is 6.11. The first-order valence-electron chi connectivity index (χ1n) is 11.9. The molecule has 2 aliphatic rings. The number of allylic oxidation sites excluding steroid dienone is 1. The predicted octanol–water partition coefficient (Wildman–Crippen LogP) is 1.92. The van der Waals surface area contributed by atoms with Crippen LogP contribution in [0.3, 0.4) is 0 Å². The lowest BCUT2D eigenvalue weighted by atomic mass is 9.77. The predicted molar refractivity (Wildman–Crippen MR) is 128 cm³/mol. The van der Waals surface area contributed by atoms with Crippen molar-refractivity contribution >= 4 is 11.8 Å². The highest BCUT2D eigenvalue weighted by Crippen LogP contribution is 2.47. The maximum absolute atomic E-state index is 13.2. The van der Waals surface area contributed by atoms with E-state index in [1.807, 2.05) is 38.1 Å². The Bertz CT molecular complexity index is 899. The Balaban J connectivity index is 1.94. The average molecular weight is 473 g/mol. The molecular formula is C26H36N2O6. The van der Waals surface area contributed by atoms with Crippen LogP contribution in [0.2, 0.25) is 0 Å². The highest BCUT2D eigenvalue weighted by atomic mass is 16.5. The van der Waals surface area contributed by atoms with E-state index < -0.39 is 24.2 Å². The van der Waals surface area contributed by atoms with E-state index in [-0.39, 0.29) is 37.5 Å². The highest BCUT2D eigenvalue weighted by Gasteiger charge is 2.50. The van der Waals surface area contributed by atoms with Gasteiger partial charge in [0.2, 0.25) is 11.8 Å². The number of aliphatic hydroxyl groups is 2. The zero-order valence-corrected chi connectivity index (χ0v) is 20.0. The zero-order chi connectivity index (χ0) is 24.7. The zero-order valence-electron chi connectivity index (χ0n) is 20.0. The molecule has 0 bridgehead atoms. The number of amides is 2. The number of hydrogen-bond acceptors (Lipinski definition) is 6. The number of fused-ring (bicyclic) bond motifs is 3. The number of nitrogens with zero attached hydrogens (tertiary/aromatic N) is 1. The molecule has 8 heteroatoms. The number of rotatable bonds is 12. The summed E-state index contributed by atoms with van der Waals surface area (Å²) in [5.41, 5.74) is 1.25. The first-order chi connectivity index (χ1) is 16.4. The van der Waals surface area contributed by atoms with Crippen LogP contribution in [0.1, 0.15) is 44.6 Å². The molecule has 34 heavy (non-hydrogen) atoms. The van der Waals surface area contributed by atoms with Gasteiger partial charge in [-0.1, -0.05) is 24.3 Å². The Morgan fingerprint density at radius 2 is 2.09 bits per heavy atom. The Morgan fingerprint density at radius 3 is 2.79 bits per heavy atom. The van der Waals surface area contributed by atoms with Gasteiger partial charge in [-0.3, -0.25) is 9.59 Å². The molecule has 0 saturated heterocycles. The molecule has 1 aliphatic carbocycles. The Morgan fingerprint density at radius 1 is 1.32 bits per heavy atom. The summed E-state index contributed by atoms with van der Waals surface area (Å²) in [6.45, 7) is 8.38. The van der Waals surface area contributed by atoms with E-state index in [0.29, 0.717) is 37.3 Å². The van der Waals surface area contributed by atoms with Gasteiger partial charge < -0.3 is 29.9 Å². The van der Waals surface area contributed by atoms with Crippen LogP contribution in [0.4, 0.5) is 0 Å². The molecule has 1 aromatic carbocycles. The number of hydrogen-bond donors (Lipinski definition) is 3. The highest BCUT2D eigenvalue weighted by molar-refractivity contribution is 5.96. The summed E-state index contributed by atoms with van der Waals surface area (Å²) in [6, 6.07) is 6.67. The van der Waals surface area contributed by atoms with Crippen LogP contribution in [0.5, 0.6) is 5.75 Å². The minimum atomic E-state index is -1.02. The van der Waals surface area contributed by atoms with Crippen LogP contribution >= 0.6 is 0 Å². The first kappa shape index (κ1) is 25.9. The summed E-state index contributed by atoms with van der Waals surface area (Å²) >= 11 is 0. The van der Waals surface area contributed by atoms with Gasteiger partial charge in [0.15, 0.2) is 0 Å². The first-order valence-corrected chi connectivity index (χ1v) is 11.9. The molecule has 8 nitrogen and oxygen atoms in total. The van der Waals surface area contributed by atoms with Gasteiger partial charge in [0, 0.05) is 37.3 Å². The van der Waals surface area contributed by atoms with E-state index in [4.69, 9.17) is 9.47 Å². The Hall–Kier alpha value is -2.68. The maximum atomic E-state index is 13.2. The summed E-state index contributed by atoms with van der Waals surface area (Å²) in [5, 5.41) is 23.3. The van der Waals surface area contributed by atoms with Gasteiger partial charge in [-0.05, 0) is 38.8 Å². The molecule has 3 N–H and O–H groups in total. The van der Waals surface area contributed by atoms with Crippen molar-refractivity contribution in [2.24, 2.45) is 0 Å². The number of aliphatic hydroxyl groups excluding tert-OH is 2. The van der Waals surface area contributed by atoms with Crippen molar-refractivity contribution in [2.75, 3.05) is 26.3 Å². The molecule has 0 fully saturated rings. The average Bonchev–Trinajstić information content (AvgIpc) is 3.22. The normalized spacial score (nSPS) is 22.9. The summed E-state index contributed by atoms with van der Waals surface area (Å²) in [7, 11) is 0. The molecule has 0 radical (unpaired) electrons. The smallest absolute Gasteiger partial charge is 0.247 e. The van der Waals surface area contributed by atoms with Crippen molar-refractivity contribution in [3.05, 3.63) is 54.1 Å². The fourth-order valence-electron chi connectivity index (χ4n) is 4.55. The van der Waals surface area contributed by atoms with Crippen LogP contribution in [0.25, 0.3) is 0 Å². The van der Waals surface area contributed by atoms with Crippen molar-refractivity contribution in [1.29, 1.82) is 0 Å². The number of para-hydroxylation sites is 1. The molecule has 1 aliphatic heterocycles. The minimum absolute atomic E-state index is 0.0815. The Kier molecular flexibility index (Phi) is 9.27. The van der Waals surface area contributed by atoms with Crippen molar-refractivity contribution in [1.82, 2.24) is 10.2 Å². The van der Waals surface area contributed by atoms with Crippen molar-refractivity contribution in [2.45, 2.75) is 63.4 Å². The lowest BCUT2D eigenvalue weighted by molar-refractivity contribution is -0.137. The van der Waals surface area contributed by atoms with E-state index in [1.165, 1.54) is 0 Å². The van der Waals surface area contributed by atoms with Gasteiger partial charge in [-0.2, -0.15) is 0 Å². The van der Waals surface area contributed by atoms with Gasteiger partial charge in [0.25, 0.3) is 0 Å². The van der Waals surface area contributed by atoms with Crippen LogP contribution < -0.4 is 10.1 Å². The molecule has 4 atom stereocenters. The largest absolute Gasteiger partial charge is 0.486 e. The molecule has 0 unspecified atom stereocenters. The quantitative estimate of drug-likeness (QED) is 0.317. The molecule has 2 amide bonds. The topological polar surface area (TPSA) is 108 Å². The van der Waals surface area contributed by atoms with Gasteiger partial charge in [0.05, 0.1) is 24.7 Å². The molecule has 0 spiro atoms. The number of carbonyl (C=O) groups is 2. The summed E-state index contributed by atoms with van der Waals surface area (Å²) in [5.74, 6) is -0.319. The van der Waals surface area contributed by atoms with Crippen LogP contribution in [-0.2, 0) is 14.3 Å². The lowest BCUT2D eigenvalue weighted by Gasteiger charge is -2.40. The SMILES string of the molecule is C=CCCC(=O)N(CCCOC(C)C)[C@@H]1C=C(C(=O)NCCO)[C@@H]2c3ccccc3O[C@@H]2[C@H]1O. The molecule has 186 valence electrons. The van der Waals surface area contributed by atoms with E-state index in [2.05, 4.69) is 11.9 Å². The molecular weight excluding hydrogens is 436 g/mol. The van der Waals surface area contributed by atoms with E-state index in [9.17, 15) is 19.8 Å². The standard InChI is InChI=1S/C26H36N2O6/c1-4-5-11-22(30)28(13-8-15-33-17(2)3)20-16-19(26(32)27-12-14-29)23-18-9-6-7-10-21(18)34-25(23)24(20)31/h4,6-7,9-10,16-17,20,23-25,29,31H,1,5,8,11-15H2,2-3H3,(H,27,32)/t20-,23+,24+,25+/m1/s1. The number of benzene rings is 1. The van der Waals surface area contributed by atoms with E-state index in [0.717, 1.165) is 5.56 Å². The summed E-state index contributed by atoms with van der Waals surface area (Å²) in [4.78, 5) is 27.9. The fraction of sp³-hybridized carbons (Fsp3) is 0.538. The summed E-state index contributed by atoms with van der Waals surface area (Å²) in [6.07, 6.45) is 3.10. The Labute approximate surface area is 201 Å². The van der Waals surface area contributed by atoms with Gasteiger partial charge in [0.1, 0.15) is 18.0 Å². The lowest BCUT2D eigenvalue weighted by Crippen LogP contribution is -2.56. The molecule has 3 rings (SSSR count). The second kappa shape index (κ2) is 12.1. The van der Waals surface area contributed by atoms with Gasteiger partial charge >= 0.3 is 0 Å². The summed E-state index contributed by atoms with van der Waals surface area (Å²) < 4.78 is 11.7. The number of ether oxygens (including phenoxy) is 2. The number of carbonyl (C=O) groups excluding carboxylic acids is 2. The number of nitrogens with one attached hydrogen (secondary N) is 1. The van der Waals surface area contributed by atoms with Gasteiger partial charge in [-0.15, -0.1) is 6.58 Å². The van der Waals surface area contributed by atoms with Crippen molar-refractivity contribution in [3.63, 3.8) is 0 Å². The molecule has 0 aromatic heterocycles. The fourth-order valence-corrected chi connectivity index (χ4v) is 4.55. The molecule has 1 heterocycles. The maximum Gasteiger partial charge on any atom is 0.247 e. The van der Waals surface area contributed by atoms with Gasteiger partial charge in [-0.25, -0.2) is 0 Å². The minimum Gasteiger partial charge on any atom is -0.486 e. The second-order valence-electron chi connectivity index (χ2n) is 8.87. The van der Waals surface area contributed by atoms with E-state index >= 15 is 0 Å². The van der Waals surface area contributed by atoms with E-state index in [1.54, 1.807) is 17.1 Å². The van der Waals surface area contributed by atoms with Crippen LogP contribution in [0.15, 0.2) is 48.6 Å². The molecule has 1 aromatic rings. The van der Waals surface area contributed by atoms with Crippen LogP contribution in [-0.4, -0.2) is 77.6 Å². The van der Waals surface area contributed by atoms with Crippen molar-refractivity contribution < 1.29 is 29.3 Å². The van der Waals surface area contributed by atoms with Crippen molar-refractivity contribution in [3.8, 4) is 5.75 Å². The molecule has 0 saturated carbocycles. The third-order valence-corrected chi connectivity index (χ3v) is 6.11. The second-order valence-corrected chi connectivity index (χ2v) is 8.87. The third kappa shape index (κ3) is 5.87.